The normalized spacial score (nSPS) is 17.1. The first-order valence-electron chi connectivity index (χ1n) is 12.4. The van der Waals surface area contributed by atoms with Crippen LogP contribution >= 0.6 is 0 Å². The summed E-state index contributed by atoms with van der Waals surface area (Å²) in [6.07, 6.45) is 7.83. The van der Waals surface area contributed by atoms with Crippen molar-refractivity contribution in [2.45, 2.75) is 38.0 Å². The molecule has 1 saturated carbocycles. The molecule has 4 N–H and O–H groups in total. The Morgan fingerprint density at radius 1 is 0.943 bits per heavy atom. The van der Waals surface area contributed by atoms with Gasteiger partial charge in [-0.1, -0.05) is 19.3 Å². The predicted octanol–water partition coefficient (Wildman–Crippen LogP) is 4.63. The maximum absolute atomic E-state index is 6.47. The highest BCUT2D eigenvalue weighted by Crippen LogP contribution is 2.35. The van der Waals surface area contributed by atoms with Crippen LogP contribution in [-0.4, -0.2) is 51.2 Å². The number of fused-ring (bicyclic) bond motifs is 1. The first-order chi connectivity index (χ1) is 17.2. The van der Waals surface area contributed by atoms with Gasteiger partial charge in [-0.05, 0) is 49.2 Å². The van der Waals surface area contributed by atoms with E-state index in [0.29, 0.717) is 29.0 Å². The molecular formula is C26H30N8O. The molecular weight excluding hydrogens is 440 g/mol. The monoisotopic (exact) mass is 470 g/mol. The molecule has 0 spiro atoms. The van der Waals surface area contributed by atoms with Crippen molar-refractivity contribution in [2.24, 2.45) is 0 Å². The number of imidazole rings is 1. The molecule has 0 radical (unpaired) electrons. The maximum Gasteiger partial charge on any atom is 0.229 e. The summed E-state index contributed by atoms with van der Waals surface area (Å²) < 4.78 is 5.45. The number of nitrogens with zero attached hydrogens (tertiary/aromatic N) is 5. The fraction of sp³-hybridized carbons (Fsp3) is 0.385. The SMILES string of the molecule is Nc1nc(C2CCCCC2)ccc1-c1nc(Nc2ccc(N3CCOCC3)cc2)nc2nc[nH]c12. The molecule has 0 unspecified atom stereocenters. The fourth-order valence-electron chi connectivity index (χ4n) is 5.11. The highest BCUT2D eigenvalue weighted by atomic mass is 16.5. The molecule has 0 amide bonds. The van der Waals surface area contributed by atoms with Crippen molar-refractivity contribution in [1.29, 1.82) is 0 Å². The molecule has 2 fully saturated rings. The molecule has 3 aromatic heterocycles. The second-order valence-electron chi connectivity index (χ2n) is 9.27. The van der Waals surface area contributed by atoms with Gasteiger partial charge in [-0.2, -0.15) is 4.98 Å². The minimum Gasteiger partial charge on any atom is -0.383 e. The molecule has 35 heavy (non-hydrogen) atoms. The van der Waals surface area contributed by atoms with E-state index in [1.165, 1.54) is 37.8 Å². The third-order valence-electron chi connectivity index (χ3n) is 7.01. The molecule has 1 saturated heterocycles. The van der Waals surface area contributed by atoms with Crippen molar-refractivity contribution in [3.05, 3.63) is 48.4 Å². The van der Waals surface area contributed by atoms with Crippen LogP contribution in [0.1, 0.15) is 43.7 Å². The summed E-state index contributed by atoms with van der Waals surface area (Å²) in [5, 5.41) is 3.33. The van der Waals surface area contributed by atoms with E-state index in [-0.39, 0.29) is 0 Å². The standard InChI is InChI=1S/C26H30N8O/c27-24-20(10-11-21(31-24)17-4-2-1-3-5-17)22-23-25(29-16-28-23)33-26(32-22)30-18-6-8-19(9-7-18)34-12-14-35-15-13-34/h6-11,16-17H,1-5,12-15H2,(H2,27,31)(H2,28,29,30,32,33). The van der Waals surface area contributed by atoms with Gasteiger partial charge in [0.2, 0.25) is 5.95 Å². The molecule has 1 aromatic carbocycles. The number of ether oxygens (including phenoxy) is 1. The molecule has 0 bridgehead atoms. The van der Waals surface area contributed by atoms with Gasteiger partial charge in [0.05, 0.1) is 19.5 Å². The average Bonchev–Trinajstić information content (AvgIpc) is 3.39. The van der Waals surface area contributed by atoms with E-state index in [9.17, 15) is 0 Å². The van der Waals surface area contributed by atoms with Crippen LogP contribution < -0.4 is 16.0 Å². The Kier molecular flexibility index (Phi) is 5.91. The summed E-state index contributed by atoms with van der Waals surface area (Å²) in [5.74, 6) is 1.45. The minimum atomic E-state index is 0.467. The second-order valence-corrected chi connectivity index (χ2v) is 9.27. The Morgan fingerprint density at radius 3 is 2.51 bits per heavy atom. The van der Waals surface area contributed by atoms with Crippen LogP contribution in [0.2, 0.25) is 0 Å². The molecule has 0 atom stereocenters. The molecule has 1 aliphatic carbocycles. The number of nitrogen functional groups attached to an aromatic ring is 1. The van der Waals surface area contributed by atoms with Crippen LogP contribution in [-0.2, 0) is 4.74 Å². The lowest BCUT2D eigenvalue weighted by atomic mass is 9.86. The molecule has 9 heteroatoms. The van der Waals surface area contributed by atoms with E-state index in [4.69, 9.17) is 20.4 Å². The number of morpholine rings is 1. The van der Waals surface area contributed by atoms with Crippen molar-refractivity contribution < 1.29 is 4.74 Å². The molecule has 9 nitrogen and oxygen atoms in total. The van der Waals surface area contributed by atoms with E-state index in [2.05, 4.69) is 43.4 Å². The van der Waals surface area contributed by atoms with Crippen LogP contribution in [0.3, 0.4) is 0 Å². The molecule has 2 aliphatic rings. The number of hydrogen-bond donors (Lipinski definition) is 3. The number of nitrogens with one attached hydrogen (secondary N) is 2. The Balaban J connectivity index is 1.28. The van der Waals surface area contributed by atoms with Crippen LogP contribution in [0.25, 0.3) is 22.4 Å². The molecule has 6 rings (SSSR count). The van der Waals surface area contributed by atoms with Gasteiger partial charge in [0.1, 0.15) is 17.0 Å². The van der Waals surface area contributed by atoms with Gasteiger partial charge >= 0.3 is 0 Å². The summed E-state index contributed by atoms with van der Waals surface area (Å²) in [5.41, 5.74) is 12.4. The third-order valence-corrected chi connectivity index (χ3v) is 7.01. The number of hydrogen-bond acceptors (Lipinski definition) is 8. The Bertz CT molecular complexity index is 1310. The summed E-state index contributed by atoms with van der Waals surface area (Å²) >= 11 is 0. The number of rotatable bonds is 5. The van der Waals surface area contributed by atoms with Crippen molar-refractivity contribution in [2.75, 3.05) is 42.3 Å². The largest absolute Gasteiger partial charge is 0.383 e. The van der Waals surface area contributed by atoms with Crippen molar-refractivity contribution >= 4 is 34.3 Å². The fourth-order valence-corrected chi connectivity index (χ4v) is 5.11. The average molecular weight is 471 g/mol. The van der Waals surface area contributed by atoms with Crippen molar-refractivity contribution in [3.8, 4) is 11.3 Å². The van der Waals surface area contributed by atoms with Crippen molar-refractivity contribution in [3.63, 3.8) is 0 Å². The number of pyridine rings is 1. The smallest absolute Gasteiger partial charge is 0.229 e. The first-order valence-corrected chi connectivity index (χ1v) is 12.4. The Hall–Kier alpha value is -3.72. The zero-order valence-electron chi connectivity index (χ0n) is 19.7. The highest BCUT2D eigenvalue weighted by Gasteiger charge is 2.20. The Morgan fingerprint density at radius 2 is 1.74 bits per heavy atom. The number of H-pyrrole nitrogens is 1. The lowest BCUT2D eigenvalue weighted by Gasteiger charge is -2.28. The van der Waals surface area contributed by atoms with Crippen molar-refractivity contribution in [1.82, 2.24) is 24.9 Å². The van der Waals surface area contributed by atoms with Gasteiger partial charge in [0, 0.05) is 41.6 Å². The number of aromatic amines is 1. The van der Waals surface area contributed by atoms with Crippen LogP contribution in [0, 0.1) is 0 Å². The number of nitrogens with two attached hydrogens (primary N) is 1. The van der Waals surface area contributed by atoms with Gasteiger partial charge in [-0.15, -0.1) is 0 Å². The zero-order valence-corrected chi connectivity index (χ0v) is 19.7. The Labute approximate surface area is 204 Å². The highest BCUT2D eigenvalue weighted by molar-refractivity contribution is 5.91. The van der Waals surface area contributed by atoms with Crippen LogP contribution in [0.4, 0.5) is 23.1 Å². The second kappa shape index (κ2) is 9.50. The third kappa shape index (κ3) is 4.51. The minimum absolute atomic E-state index is 0.467. The van der Waals surface area contributed by atoms with Gasteiger partial charge in [0.15, 0.2) is 5.65 Å². The zero-order chi connectivity index (χ0) is 23.6. The van der Waals surface area contributed by atoms with E-state index in [1.54, 1.807) is 6.33 Å². The van der Waals surface area contributed by atoms with Crippen LogP contribution in [0.15, 0.2) is 42.7 Å². The molecule has 4 heterocycles. The summed E-state index contributed by atoms with van der Waals surface area (Å²) in [7, 11) is 0. The topological polar surface area (TPSA) is 118 Å². The number of aromatic nitrogens is 5. The van der Waals surface area contributed by atoms with E-state index < -0.39 is 0 Å². The summed E-state index contributed by atoms with van der Waals surface area (Å²) in [6.45, 7) is 3.34. The van der Waals surface area contributed by atoms with Crippen LogP contribution in [0.5, 0.6) is 0 Å². The summed E-state index contributed by atoms with van der Waals surface area (Å²) in [4.78, 5) is 24.1. The lowest BCUT2D eigenvalue weighted by Crippen LogP contribution is -2.36. The van der Waals surface area contributed by atoms with E-state index in [0.717, 1.165) is 48.8 Å². The number of benzene rings is 1. The number of anilines is 4. The lowest BCUT2D eigenvalue weighted by molar-refractivity contribution is 0.122. The van der Waals surface area contributed by atoms with Gasteiger partial charge < -0.3 is 25.7 Å². The molecule has 180 valence electrons. The van der Waals surface area contributed by atoms with Gasteiger partial charge in [0.25, 0.3) is 0 Å². The van der Waals surface area contributed by atoms with Gasteiger partial charge in [-0.3, -0.25) is 0 Å². The maximum atomic E-state index is 6.47. The quantitative estimate of drug-likeness (QED) is 0.387. The van der Waals surface area contributed by atoms with Gasteiger partial charge in [-0.25, -0.2) is 15.0 Å². The summed E-state index contributed by atoms with van der Waals surface area (Å²) in [6, 6.07) is 12.4. The predicted molar refractivity (Wildman–Crippen MR) is 138 cm³/mol. The van der Waals surface area contributed by atoms with E-state index in [1.807, 2.05) is 18.2 Å². The van der Waals surface area contributed by atoms with E-state index >= 15 is 0 Å². The first kappa shape index (κ1) is 21.8. The molecule has 4 aromatic rings. The molecule has 1 aliphatic heterocycles.